The fourth-order valence-electron chi connectivity index (χ4n) is 3.04. The molecule has 1 atom stereocenters. The van der Waals surface area contributed by atoms with Crippen molar-refractivity contribution in [2.75, 3.05) is 5.32 Å². The fourth-order valence-corrected chi connectivity index (χ4v) is 3.15. The molecule has 1 aromatic heterocycles. The number of rotatable bonds is 7. The van der Waals surface area contributed by atoms with E-state index in [9.17, 15) is 9.59 Å². The minimum atomic E-state index is -0.772. The zero-order valence-corrected chi connectivity index (χ0v) is 18.4. The number of amides is 2. The van der Waals surface area contributed by atoms with Gasteiger partial charge in [-0.1, -0.05) is 29.8 Å². The predicted molar refractivity (Wildman–Crippen MR) is 121 cm³/mol. The lowest BCUT2D eigenvalue weighted by molar-refractivity contribution is -0.122. The number of carbonyl (C=O) groups is 2. The van der Waals surface area contributed by atoms with E-state index in [1.54, 1.807) is 61.8 Å². The van der Waals surface area contributed by atoms with Crippen molar-refractivity contribution in [2.24, 2.45) is 0 Å². The summed E-state index contributed by atoms with van der Waals surface area (Å²) in [6.45, 7) is 5.75. The number of carbonyl (C=O) groups excluding carboxylic acids is 2. The van der Waals surface area contributed by atoms with E-state index in [1.807, 2.05) is 19.9 Å². The highest BCUT2D eigenvalue weighted by Gasteiger charge is 2.19. The van der Waals surface area contributed by atoms with Gasteiger partial charge in [0.05, 0.1) is 11.3 Å². The van der Waals surface area contributed by atoms with Gasteiger partial charge < -0.3 is 15.4 Å². The van der Waals surface area contributed by atoms with Crippen LogP contribution < -0.4 is 15.4 Å². The monoisotopic (exact) mass is 437 g/mol. The summed E-state index contributed by atoms with van der Waals surface area (Å²) >= 11 is 6.19. The van der Waals surface area contributed by atoms with Crippen LogP contribution in [0.25, 0.3) is 0 Å². The number of halogens is 1. The van der Waals surface area contributed by atoms with Gasteiger partial charge in [-0.25, -0.2) is 0 Å². The number of aryl methyl sites for hydroxylation is 2. The van der Waals surface area contributed by atoms with Crippen molar-refractivity contribution in [1.82, 2.24) is 10.3 Å². The normalized spacial score (nSPS) is 11.5. The molecule has 0 spiro atoms. The molecule has 0 aliphatic carbocycles. The summed E-state index contributed by atoms with van der Waals surface area (Å²) in [6, 6.07) is 14.1. The van der Waals surface area contributed by atoms with Gasteiger partial charge in [-0.05, 0) is 67.8 Å². The topological polar surface area (TPSA) is 80.3 Å². The lowest BCUT2D eigenvalue weighted by atomic mass is 10.1. The van der Waals surface area contributed by atoms with E-state index in [0.717, 1.165) is 16.7 Å². The molecule has 2 aromatic carbocycles. The molecule has 7 heteroatoms. The second-order valence-corrected chi connectivity index (χ2v) is 7.59. The number of hydrogen-bond donors (Lipinski definition) is 2. The van der Waals surface area contributed by atoms with Gasteiger partial charge in [0, 0.05) is 24.0 Å². The Morgan fingerprint density at radius 1 is 1.10 bits per heavy atom. The van der Waals surface area contributed by atoms with Crippen molar-refractivity contribution in [2.45, 2.75) is 33.4 Å². The van der Waals surface area contributed by atoms with Gasteiger partial charge >= 0.3 is 0 Å². The smallest absolute Gasteiger partial charge is 0.265 e. The number of nitrogens with one attached hydrogen (secondary N) is 2. The molecule has 2 N–H and O–H groups in total. The molecule has 3 rings (SSSR count). The first kappa shape index (κ1) is 22.3. The summed E-state index contributed by atoms with van der Waals surface area (Å²) in [6.07, 6.45) is 2.59. The molecule has 31 heavy (non-hydrogen) atoms. The molecule has 6 nitrogen and oxygen atoms in total. The molecule has 2 amide bonds. The summed E-state index contributed by atoms with van der Waals surface area (Å²) < 4.78 is 5.79. The van der Waals surface area contributed by atoms with Crippen LogP contribution in [0.4, 0.5) is 5.69 Å². The Hall–Kier alpha value is -3.38. The first-order chi connectivity index (χ1) is 14.8. The first-order valence-electron chi connectivity index (χ1n) is 9.85. The molecular weight excluding hydrogens is 414 g/mol. The van der Waals surface area contributed by atoms with E-state index in [1.165, 1.54) is 0 Å². The van der Waals surface area contributed by atoms with Crippen LogP contribution in [0.2, 0.25) is 5.02 Å². The summed E-state index contributed by atoms with van der Waals surface area (Å²) in [4.78, 5) is 29.4. The number of nitrogens with zero attached hydrogens (tertiary/aromatic N) is 1. The first-order valence-corrected chi connectivity index (χ1v) is 10.2. The number of ether oxygens (including phenoxy) is 1. The Labute approximate surface area is 186 Å². The molecule has 160 valence electrons. The average molecular weight is 438 g/mol. The number of para-hydroxylation sites is 1. The van der Waals surface area contributed by atoms with Crippen molar-refractivity contribution in [3.8, 4) is 5.75 Å². The molecule has 0 aliphatic heterocycles. The molecule has 0 bridgehead atoms. The van der Waals surface area contributed by atoms with Crippen LogP contribution in [0.1, 0.15) is 34.0 Å². The summed E-state index contributed by atoms with van der Waals surface area (Å²) in [7, 11) is 0. The maximum absolute atomic E-state index is 12.7. The lowest BCUT2D eigenvalue weighted by Crippen LogP contribution is -2.31. The number of benzene rings is 2. The van der Waals surface area contributed by atoms with Gasteiger partial charge in [0.15, 0.2) is 6.10 Å². The molecule has 3 aromatic rings. The van der Waals surface area contributed by atoms with Gasteiger partial charge in [-0.15, -0.1) is 0 Å². The van der Waals surface area contributed by atoms with Crippen LogP contribution >= 0.6 is 11.6 Å². The molecule has 1 heterocycles. The largest absolute Gasteiger partial charge is 0.481 e. The Morgan fingerprint density at radius 2 is 1.81 bits per heavy atom. The molecule has 0 radical (unpaired) electrons. The van der Waals surface area contributed by atoms with E-state index in [2.05, 4.69) is 15.6 Å². The third kappa shape index (κ3) is 5.83. The van der Waals surface area contributed by atoms with E-state index >= 15 is 0 Å². The maximum Gasteiger partial charge on any atom is 0.265 e. The maximum atomic E-state index is 12.7. The number of aromatic nitrogens is 1. The molecular formula is C24H24ClN3O3. The quantitative estimate of drug-likeness (QED) is 0.562. The predicted octanol–water partition coefficient (Wildman–Crippen LogP) is 4.69. The van der Waals surface area contributed by atoms with Crippen molar-refractivity contribution in [3.63, 3.8) is 0 Å². The lowest BCUT2D eigenvalue weighted by Gasteiger charge is -2.17. The van der Waals surface area contributed by atoms with Crippen molar-refractivity contribution in [1.29, 1.82) is 0 Å². The van der Waals surface area contributed by atoms with E-state index in [0.29, 0.717) is 28.6 Å². The minimum Gasteiger partial charge on any atom is -0.481 e. The van der Waals surface area contributed by atoms with Crippen LogP contribution in [0.3, 0.4) is 0 Å². The zero-order valence-electron chi connectivity index (χ0n) is 17.6. The molecule has 0 fully saturated rings. The van der Waals surface area contributed by atoms with E-state index in [4.69, 9.17) is 16.3 Å². The molecule has 0 aliphatic rings. The van der Waals surface area contributed by atoms with Crippen LogP contribution in [0, 0.1) is 13.8 Å². The number of hydrogen-bond acceptors (Lipinski definition) is 4. The van der Waals surface area contributed by atoms with Crippen LogP contribution in [0.5, 0.6) is 5.75 Å². The zero-order chi connectivity index (χ0) is 22.4. The highest BCUT2D eigenvalue weighted by Crippen LogP contribution is 2.26. The third-order valence-corrected chi connectivity index (χ3v) is 5.29. The molecule has 0 saturated carbocycles. The Bertz CT molecular complexity index is 1060. The SMILES string of the molecule is Cc1cc(O[C@@H](C)C(=O)Nc2ccccc2C(=O)NCc2cccnc2)cc(C)c1Cl. The number of pyridine rings is 1. The van der Waals surface area contributed by atoms with Gasteiger partial charge in [-0.2, -0.15) is 0 Å². The standard InChI is InChI=1S/C24H24ClN3O3/c1-15-11-19(12-16(2)22(15)25)31-17(3)23(29)28-21-9-5-4-8-20(21)24(30)27-14-18-7-6-10-26-13-18/h4-13,17H,14H2,1-3H3,(H,27,30)(H,28,29)/t17-/m0/s1. The van der Waals surface area contributed by atoms with E-state index < -0.39 is 6.10 Å². The van der Waals surface area contributed by atoms with Gasteiger partial charge in [0.2, 0.25) is 0 Å². The molecule has 0 saturated heterocycles. The average Bonchev–Trinajstić information content (AvgIpc) is 2.76. The Kier molecular flexibility index (Phi) is 7.26. The number of anilines is 1. The minimum absolute atomic E-state index is 0.294. The second kappa shape index (κ2) is 10.1. The van der Waals surface area contributed by atoms with Gasteiger partial charge in [0.25, 0.3) is 11.8 Å². The van der Waals surface area contributed by atoms with Crippen molar-refractivity contribution >= 4 is 29.1 Å². The Balaban J connectivity index is 1.66. The van der Waals surface area contributed by atoms with Crippen LogP contribution in [0.15, 0.2) is 60.9 Å². The Morgan fingerprint density at radius 3 is 2.48 bits per heavy atom. The van der Waals surface area contributed by atoms with Crippen LogP contribution in [-0.4, -0.2) is 22.9 Å². The summed E-state index contributed by atoms with van der Waals surface area (Å²) in [5.74, 6) is -0.0976. The van der Waals surface area contributed by atoms with Crippen molar-refractivity contribution in [3.05, 3.63) is 88.2 Å². The van der Waals surface area contributed by atoms with Crippen molar-refractivity contribution < 1.29 is 14.3 Å². The highest BCUT2D eigenvalue weighted by molar-refractivity contribution is 6.32. The fraction of sp³-hybridized carbons (Fsp3) is 0.208. The van der Waals surface area contributed by atoms with Gasteiger partial charge in [-0.3, -0.25) is 14.6 Å². The van der Waals surface area contributed by atoms with Crippen LogP contribution in [-0.2, 0) is 11.3 Å². The molecule has 0 unspecified atom stereocenters. The summed E-state index contributed by atoms with van der Waals surface area (Å²) in [5, 5.41) is 6.31. The third-order valence-electron chi connectivity index (χ3n) is 4.70. The van der Waals surface area contributed by atoms with E-state index in [-0.39, 0.29) is 11.8 Å². The second-order valence-electron chi connectivity index (χ2n) is 7.21. The summed E-state index contributed by atoms with van der Waals surface area (Å²) in [5.41, 5.74) is 3.41. The van der Waals surface area contributed by atoms with Gasteiger partial charge in [0.1, 0.15) is 5.75 Å². The highest BCUT2D eigenvalue weighted by atomic mass is 35.5.